The number of nitrogens with one attached hydrogen (secondary N) is 1. The second-order valence-corrected chi connectivity index (χ2v) is 7.79. The first kappa shape index (κ1) is 20.2. The van der Waals surface area contributed by atoms with Crippen LogP contribution in [0.15, 0.2) is 42.6 Å². The molecular weight excluding hydrogens is 378 g/mol. The molecule has 4 rings (SSSR count). The minimum Gasteiger partial charge on any atom is -0.497 e. The zero-order valence-corrected chi connectivity index (χ0v) is 17.6. The number of aromatic nitrogens is 1. The summed E-state index contributed by atoms with van der Waals surface area (Å²) in [4.78, 5) is 16.7. The highest BCUT2D eigenvalue weighted by atomic mass is 16.5. The molecule has 0 aliphatic heterocycles. The van der Waals surface area contributed by atoms with Crippen molar-refractivity contribution in [2.75, 3.05) is 27.3 Å². The third-order valence-electron chi connectivity index (χ3n) is 5.98. The number of carbonyl (C=O) groups is 1. The zero-order valence-electron chi connectivity index (χ0n) is 17.6. The lowest BCUT2D eigenvalue weighted by atomic mass is 9.81. The van der Waals surface area contributed by atoms with E-state index in [9.17, 15) is 4.79 Å². The van der Waals surface area contributed by atoms with Crippen molar-refractivity contribution in [3.05, 3.63) is 64.8 Å². The van der Waals surface area contributed by atoms with Crippen LogP contribution in [0.25, 0.3) is 10.9 Å². The van der Waals surface area contributed by atoms with E-state index >= 15 is 0 Å². The van der Waals surface area contributed by atoms with E-state index in [1.165, 1.54) is 0 Å². The highest BCUT2D eigenvalue weighted by Gasteiger charge is 2.48. The molecule has 0 saturated heterocycles. The summed E-state index contributed by atoms with van der Waals surface area (Å²) in [5.74, 6) is 0.994. The van der Waals surface area contributed by atoms with E-state index in [1.54, 1.807) is 19.4 Å². The van der Waals surface area contributed by atoms with E-state index < -0.39 is 5.91 Å². The van der Waals surface area contributed by atoms with Crippen LogP contribution >= 0.6 is 0 Å². The zero-order chi connectivity index (χ0) is 21.3. The Bertz CT molecular complexity index is 1110. The summed E-state index contributed by atoms with van der Waals surface area (Å²) >= 11 is 0. The summed E-state index contributed by atoms with van der Waals surface area (Å²) in [6.07, 6.45) is 3.74. The number of methoxy groups -OCH3 is 1. The third kappa shape index (κ3) is 3.48. The maximum Gasteiger partial charge on any atom is 0.249 e. The van der Waals surface area contributed by atoms with E-state index in [1.807, 2.05) is 26.1 Å². The van der Waals surface area contributed by atoms with Gasteiger partial charge in [0.1, 0.15) is 18.1 Å². The van der Waals surface area contributed by atoms with Gasteiger partial charge in [-0.3, -0.25) is 9.78 Å². The average molecular weight is 405 g/mol. The van der Waals surface area contributed by atoms with Gasteiger partial charge in [-0.1, -0.05) is 6.07 Å². The SMILES string of the molecule is CNCCOc1cc(C(N)=O)c(C)c(C2(c3cc(OC)cc4ncccc34)CC2)c1. The Balaban J connectivity index is 1.90. The summed E-state index contributed by atoms with van der Waals surface area (Å²) in [6.45, 7) is 3.19. The molecule has 6 nitrogen and oxygen atoms in total. The van der Waals surface area contributed by atoms with Gasteiger partial charge in [-0.2, -0.15) is 0 Å². The van der Waals surface area contributed by atoms with Crippen molar-refractivity contribution in [3.63, 3.8) is 0 Å². The minimum absolute atomic E-state index is 0.216. The summed E-state index contributed by atoms with van der Waals surface area (Å²) < 4.78 is 11.5. The molecule has 0 unspecified atom stereocenters. The van der Waals surface area contributed by atoms with E-state index in [4.69, 9.17) is 15.2 Å². The Hall–Kier alpha value is -3.12. The number of hydrogen-bond acceptors (Lipinski definition) is 5. The van der Waals surface area contributed by atoms with Gasteiger partial charge in [0.05, 0.1) is 12.6 Å². The number of ether oxygens (including phenoxy) is 2. The van der Waals surface area contributed by atoms with Crippen LogP contribution in [-0.2, 0) is 5.41 Å². The molecule has 1 saturated carbocycles. The number of pyridine rings is 1. The standard InChI is InChI=1S/C24H27N3O3/c1-15-19(23(25)28)11-17(30-10-9-26-2)13-20(15)24(6-7-24)21-12-16(29-3)14-22-18(21)5-4-8-27-22/h4-5,8,11-14,26H,6-7,9-10H2,1-3H3,(H2,25,28). The van der Waals surface area contributed by atoms with Crippen LogP contribution in [-0.4, -0.2) is 38.2 Å². The second kappa shape index (κ2) is 7.95. The van der Waals surface area contributed by atoms with Crippen molar-refractivity contribution in [2.45, 2.75) is 25.2 Å². The van der Waals surface area contributed by atoms with Gasteiger partial charge in [-0.25, -0.2) is 0 Å². The van der Waals surface area contributed by atoms with Gasteiger partial charge in [0.25, 0.3) is 0 Å². The molecule has 1 heterocycles. The lowest BCUT2D eigenvalue weighted by molar-refractivity contribution is 0.0999. The van der Waals surface area contributed by atoms with Gasteiger partial charge in [0.15, 0.2) is 0 Å². The van der Waals surface area contributed by atoms with Gasteiger partial charge in [0, 0.05) is 35.2 Å². The lowest BCUT2D eigenvalue weighted by Gasteiger charge is -2.24. The van der Waals surface area contributed by atoms with Gasteiger partial charge < -0.3 is 20.5 Å². The van der Waals surface area contributed by atoms with Gasteiger partial charge in [0.2, 0.25) is 5.91 Å². The molecule has 30 heavy (non-hydrogen) atoms. The molecule has 3 N–H and O–H groups in total. The Morgan fingerprint density at radius 2 is 1.97 bits per heavy atom. The first-order chi connectivity index (χ1) is 14.5. The topological polar surface area (TPSA) is 86.5 Å². The molecule has 1 aliphatic rings. The number of nitrogens with zero attached hydrogens (tertiary/aromatic N) is 1. The summed E-state index contributed by atoms with van der Waals surface area (Å²) in [5.41, 5.74) is 10.0. The van der Waals surface area contributed by atoms with E-state index in [-0.39, 0.29) is 5.41 Å². The predicted molar refractivity (Wildman–Crippen MR) is 117 cm³/mol. The van der Waals surface area contributed by atoms with Gasteiger partial charge >= 0.3 is 0 Å². The largest absolute Gasteiger partial charge is 0.497 e. The molecule has 0 spiro atoms. The first-order valence-corrected chi connectivity index (χ1v) is 10.2. The van der Waals surface area contributed by atoms with Crippen molar-refractivity contribution >= 4 is 16.8 Å². The summed E-state index contributed by atoms with van der Waals surface area (Å²) in [6, 6.07) is 11.9. The Morgan fingerprint density at radius 1 is 1.20 bits per heavy atom. The van der Waals surface area contributed by atoms with Crippen LogP contribution in [0.5, 0.6) is 11.5 Å². The van der Waals surface area contributed by atoms with E-state index in [0.29, 0.717) is 24.5 Å². The smallest absolute Gasteiger partial charge is 0.249 e. The molecule has 0 atom stereocenters. The minimum atomic E-state index is -0.444. The maximum atomic E-state index is 12.2. The fourth-order valence-corrected chi connectivity index (χ4v) is 4.27. The highest BCUT2D eigenvalue weighted by molar-refractivity contribution is 5.95. The Labute approximate surface area is 176 Å². The number of likely N-dealkylation sites (N-methyl/N-ethyl adjacent to an activating group) is 1. The maximum absolute atomic E-state index is 12.2. The van der Waals surface area contributed by atoms with Crippen molar-refractivity contribution in [3.8, 4) is 11.5 Å². The van der Waals surface area contributed by atoms with Crippen LogP contribution < -0.4 is 20.5 Å². The van der Waals surface area contributed by atoms with Crippen molar-refractivity contribution < 1.29 is 14.3 Å². The normalized spacial score (nSPS) is 14.5. The summed E-state index contributed by atoms with van der Waals surface area (Å²) in [5, 5.41) is 4.16. The second-order valence-electron chi connectivity index (χ2n) is 7.79. The van der Waals surface area contributed by atoms with Crippen molar-refractivity contribution in [2.24, 2.45) is 5.73 Å². The van der Waals surface area contributed by atoms with Crippen LogP contribution in [0, 0.1) is 6.92 Å². The molecule has 2 aromatic carbocycles. The number of amides is 1. The molecule has 1 aromatic heterocycles. The quantitative estimate of drug-likeness (QED) is 0.562. The molecule has 1 fully saturated rings. The fourth-order valence-electron chi connectivity index (χ4n) is 4.27. The Morgan fingerprint density at radius 3 is 2.63 bits per heavy atom. The van der Waals surface area contributed by atoms with E-state index in [0.717, 1.165) is 46.2 Å². The predicted octanol–water partition coefficient (Wildman–Crippen LogP) is 3.33. The molecule has 3 aromatic rings. The number of carbonyl (C=O) groups excluding carboxylic acids is 1. The van der Waals surface area contributed by atoms with Crippen LogP contribution in [0.3, 0.4) is 0 Å². The first-order valence-electron chi connectivity index (χ1n) is 10.2. The number of fused-ring (bicyclic) bond motifs is 1. The number of benzene rings is 2. The van der Waals surface area contributed by atoms with Gasteiger partial charge in [-0.15, -0.1) is 0 Å². The molecule has 1 aliphatic carbocycles. The van der Waals surface area contributed by atoms with Gasteiger partial charge in [-0.05, 0) is 67.8 Å². The number of hydrogen-bond donors (Lipinski definition) is 2. The number of primary amides is 1. The molecule has 1 amide bonds. The molecule has 0 bridgehead atoms. The molecule has 0 radical (unpaired) electrons. The molecular formula is C24H27N3O3. The average Bonchev–Trinajstić information content (AvgIpc) is 3.55. The third-order valence-corrected chi connectivity index (χ3v) is 5.98. The van der Waals surface area contributed by atoms with Crippen molar-refractivity contribution in [1.82, 2.24) is 10.3 Å². The number of nitrogens with two attached hydrogens (primary N) is 1. The summed E-state index contributed by atoms with van der Waals surface area (Å²) in [7, 11) is 3.54. The van der Waals surface area contributed by atoms with Crippen LogP contribution in [0.2, 0.25) is 0 Å². The Kier molecular flexibility index (Phi) is 5.35. The van der Waals surface area contributed by atoms with E-state index in [2.05, 4.69) is 28.5 Å². The van der Waals surface area contributed by atoms with Crippen molar-refractivity contribution in [1.29, 1.82) is 0 Å². The van der Waals surface area contributed by atoms with Crippen LogP contribution in [0.4, 0.5) is 0 Å². The highest BCUT2D eigenvalue weighted by Crippen LogP contribution is 2.57. The van der Waals surface area contributed by atoms with Crippen LogP contribution in [0.1, 0.15) is 39.9 Å². The molecule has 156 valence electrons. The monoisotopic (exact) mass is 405 g/mol. The lowest BCUT2D eigenvalue weighted by Crippen LogP contribution is -2.20. The molecule has 6 heteroatoms. The fraction of sp³-hybridized carbons (Fsp3) is 0.333. The number of rotatable bonds is 8.